The maximum absolute atomic E-state index is 6.49. The van der Waals surface area contributed by atoms with Gasteiger partial charge >= 0.3 is 0 Å². The van der Waals surface area contributed by atoms with Crippen molar-refractivity contribution in [1.29, 1.82) is 0 Å². The molecule has 5 nitrogen and oxygen atoms in total. The first-order valence-corrected chi connectivity index (χ1v) is 17.1. The molecule has 2 heterocycles. The number of nitrogens with two attached hydrogens (primary N) is 1. The van der Waals surface area contributed by atoms with Gasteiger partial charge in [-0.15, -0.1) is 0 Å². The van der Waals surface area contributed by atoms with Gasteiger partial charge in [0.25, 0.3) is 0 Å². The van der Waals surface area contributed by atoms with Gasteiger partial charge in [-0.25, -0.2) is 4.99 Å². The number of hydrogen-bond acceptors (Lipinski definition) is 5. The van der Waals surface area contributed by atoms with Crippen LogP contribution in [0.3, 0.4) is 0 Å². The van der Waals surface area contributed by atoms with Gasteiger partial charge in [-0.1, -0.05) is 146 Å². The molecular formula is C45H36N4O. The summed E-state index contributed by atoms with van der Waals surface area (Å²) in [5, 5.41) is 7.39. The molecule has 3 aliphatic rings. The molecular weight excluding hydrogens is 613 g/mol. The first kappa shape index (κ1) is 30.1. The SMILES string of the molecule is NC/C=C\C1=Cc2ccc(-c3ccc(C4NC(c5ccccc5)=NC(c5ccccc5)N4)cc3)cc2C12c1ccccc1Oc1ccccc12. The van der Waals surface area contributed by atoms with Crippen LogP contribution >= 0.6 is 0 Å². The van der Waals surface area contributed by atoms with E-state index in [9.17, 15) is 0 Å². The predicted molar refractivity (Wildman–Crippen MR) is 202 cm³/mol. The number of amidine groups is 1. The molecule has 50 heavy (non-hydrogen) atoms. The molecule has 0 bridgehead atoms. The highest BCUT2D eigenvalue weighted by molar-refractivity contribution is 5.99. The fraction of sp³-hybridized carbons (Fsp3) is 0.0889. The number of nitrogens with zero attached hydrogens (tertiary/aromatic N) is 1. The van der Waals surface area contributed by atoms with Crippen LogP contribution < -0.4 is 21.1 Å². The van der Waals surface area contributed by atoms with Crippen molar-refractivity contribution in [3.05, 3.63) is 208 Å². The second kappa shape index (κ2) is 12.5. The first-order chi connectivity index (χ1) is 24.7. The number of rotatable bonds is 6. The molecule has 0 aromatic heterocycles. The van der Waals surface area contributed by atoms with Gasteiger partial charge in [-0.3, -0.25) is 5.32 Å². The van der Waals surface area contributed by atoms with Crippen LogP contribution in [0.4, 0.5) is 0 Å². The molecule has 9 rings (SSSR count). The molecule has 4 N–H and O–H groups in total. The second-order valence-electron chi connectivity index (χ2n) is 12.9. The third kappa shape index (κ3) is 4.98. The average Bonchev–Trinajstić information content (AvgIpc) is 3.51. The van der Waals surface area contributed by atoms with E-state index in [2.05, 4.69) is 138 Å². The number of benzene rings is 6. The topological polar surface area (TPSA) is 71.7 Å². The van der Waals surface area contributed by atoms with E-state index in [1.165, 1.54) is 16.7 Å². The minimum atomic E-state index is -0.530. The van der Waals surface area contributed by atoms with Crippen LogP contribution in [-0.2, 0) is 5.41 Å². The van der Waals surface area contributed by atoms with Gasteiger partial charge in [0.1, 0.15) is 29.7 Å². The lowest BCUT2D eigenvalue weighted by Gasteiger charge is -2.40. The van der Waals surface area contributed by atoms with E-state index in [0.717, 1.165) is 56.3 Å². The highest BCUT2D eigenvalue weighted by Crippen LogP contribution is 2.59. The molecule has 1 aliphatic carbocycles. The van der Waals surface area contributed by atoms with Crippen LogP contribution in [0.15, 0.2) is 174 Å². The maximum Gasteiger partial charge on any atom is 0.132 e. The summed E-state index contributed by atoms with van der Waals surface area (Å²) in [4.78, 5) is 5.06. The summed E-state index contributed by atoms with van der Waals surface area (Å²) in [6.07, 6.45) is 6.24. The number of nitrogens with one attached hydrogen (secondary N) is 2. The van der Waals surface area contributed by atoms with Gasteiger partial charge in [-0.05, 0) is 63.2 Å². The van der Waals surface area contributed by atoms with Crippen molar-refractivity contribution in [2.24, 2.45) is 10.7 Å². The molecule has 0 fully saturated rings. The summed E-state index contributed by atoms with van der Waals surface area (Å²) < 4.78 is 6.49. The molecule has 0 radical (unpaired) electrons. The summed E-state index contributed by atoms with van der Waals surface area (Å²) in [6.45, 7) is 0.469. The lowest BCUT2D eigenvalue weighted by molar-refractivity contribution is 0.409. The van der Waals surface area contributed by atoms with E-state index < -0.39 is 5.41 Å². The zero-order valence-electron chi connectivity index (χ0n) is 27.5. The predicted octanol–water partition coefficient (Wildman–Crippen LogP) is 9.04. The number of allylic oxidation sites excluding steroid dienone is 2. The third-order valence-corrected chi connectivity index (χ3v) is 10.0. The minimum absolute atomic E-state index is 0.124. The van der Waals surface area contributed by atoms with Crippen LogP contribution in [0.25, 0.3) is 17.2 Å². The molecule has 0 amide bonds. The van der Waals surface area contributed by atoms with Gasteiger partial charge in [0.2, 0.25) is 0 Å². The molecule has 5 heteroatoms. The summed E-state index contributed by atoms with van der Waals surface area (Å²) in [7, 11) is 0. The molecule has 6 aromatic rings. The standard InChI is InChI=1S/C45H36N4O/c46-27-11-16-36-28-35-26-25-34(29-39(35)45(36)37-17-7-9-19-40(37)50-41-20-10-8-18-38(41)45)30-21-23-33(24-22-30)44-48-42(31-12-3-1-4-13-31)47-43(49-44)32-14-5-2-6-15-32/h1-26,28-29,42,44,48H,27,46H2,(H,47,49)/b16-11-. The highest BCUT2D eigenvalue weighted by Gasteiger charge is 2.49. The van der Waals surface area contributed by atoms with Crippen LogP contribution in [0.5, 0.6) is 11.5 Å². The quantitative estimate of drug-likeness (QED) is 0.169. The van der Waals surface area contributed by atoms with E-state index in [1.54, 1.807) is 0 Å². The Morgan fingerprint density at radius 3 is 1.98 bits per heavy atom. The molecule has 1 spiro atoms. The Morgan fingerprint density at radius 2 is 1.28 bits per heavy atom. The Balaban J connectivity index is 1.10. The fourth-order valence-electron chi connectivity index (χ4n) is 7.73. The lowest BCUT2D eigenvalue weighted by atomic mass is 9.65. The molecule has 242 valence electrons. The second-order valence-corrected chi connectivity index (χ2v) is 12.9. The van der Waals surface area contributed by atoms with Crippen molar-refractivity contribution in [1.82, 2.24) is 10.6 Å². The van der Waals surface area contributed by atoms with Gasteiger partial charge in [0.15, 0.2) is 0 Å². The Labute approximate surface area is 292 Å². The largest absolute Gasteiger partial charge is 0.457 e. The molecule has 0 saturated carbocycles. The van der Waals surface area contributed by atoms with Crippen molar-refractivity contribution < 1.29 is 4.74 Å². The van der Waals surface area contributed by atoms with Crippen molar-refractivity contribution in [2.75, 3.05) is 6.54 Å². The number of para-hydroxylation sites is 2. The highest BCUT2D eigenvalue weighted by atomic mass is 16.5. The molecule has 0 saturated heterocycles. The van der Waals surface area contributed by atoms with Gasteiger partial charge in [-0.2, -0.15) is 0 Å². The zero-order chi connectivity index (χ0) is 33.5. The number of ether oxygens (including phenoxy) is 1. The van der Waals surface area contributed by atoms with E-state index >= 15 is 0 Å². The normalized spacial score (nSPS) is 18.3. The molecule has 2 aliphatic heterocycles. The summed E-state index contributed by atoms with van der Waals surface area (Å²) in [6, 6.07) is 53.3. The zero-order valence-corrected chi connectivity index (χ0v) is 27.5. The Morgan fingerprint density at radius 1 is 0.640 bits per heavy atom. The van der Waals surface area contributed by atoms with Crippen molar-refractivity contribution in [2.45, 2.75) is 17.7 Å². The van der Waals surface area contributed by atoms with Gasteiger partial charge in [0, 0.05) is 23.2 Å². The van der Waals surface area contributed by atoms with E-state index in [-0.39, 0.29) is 12.3 Å². The van der Waals surface area contributed by atoms with Crippen LogP contribution in [0.2, 0.25) is 0 Å². The van der Waals surface area contributed by atoms with E-state index in [4.69, 9.17) is 15.5 Å². The fourth-order valence-corrected chi connectivity index (χ4v) is 7.73. The summed E-state index contributed by atoms with van der Waals surface area (Å²) in [5.41, 5.74) is 17.0. The van der Waals surface area contributed by atoms with Crippen LogP contribution in [0, 0.1) is 0 Å². The monoisotopic (exact) mass is 648 g/mol. The summed E-state index contributed by atoms with van der Waals surface area (Å²) >= 11 is 0. The smallest absolute Gasteiger partial charge is 0.132 e. The molecule has 2 unspecified atom stereocenters. The van der Waals surface area contributed by atoms with Crippen LogP contribution in [-0.4, -0.2) is 12.4 Å². The molecule has 6 aromatic carbocycles. The third-order valence-electron chi connectivity index (χ3n) is 10.0. The Kier molecular flexibility index (Phi) is 7.50. The van der Waals surface area contributed by atoms with Crippen molar-refractivity contribution in [3.8, 4) is 22.6 Å². The van der Waals surface area contributed by atoms with Gasteiger partial charge in [0.05, 0.1) is 5.41 Å². The average molecular weight is 649 g/mol. The summed E-state index contributed by atoms with van der Waals surface area (Å²) in [5.74, 6) is 2.63. The number of fused-ring (bicyclic) bond motifs is 6. The van der Waals surface area contributed by atoms with Crippen molar-refractivity contribution >= 4 is 11.9 Å². The van der Waals surface area contributed by atoms with Crippen molar-refractivity contribution in [3.63, 3.8) is 0 Å². The van der Waals surface area contributed by atoms with E-state index in [1.807, 2.05) is 42.5 Å². The minimum Gasteiger partial charge on any atom is -0.457 e. The first-order valence-electron chi connectivity index (χ1n) is 17.1. The van der Waals surface area contributed by atoms with E-state index in [0.29, 0.717) is 6.54 Å². The Bertz CT molecular complexity index is 2240. The van der Waals surface area contributed by atoms with Gasteiger partial charge < -0.3 is 15.8 Å². The molecule has 2 atom stereocenters. The maximum atomic E-state index is 6.49. The Hall–Kier alpha value is -6.01. The lowest BCUT2D eigenvalue weighted by Crippen LogP contribution is -2.44. The number of aliphatic imine (C=N–C) groups is 1. The van der Waals surface area contributed by atoms with Crippen LogP contribution in [0.1, 0.15) is 51.3 Å². The number of hydrogen-bond donors (Lipinski definition) is 3.